The molecule has 0 aromatic rings. The number of hydrogen-bond acceptors (Lipinski definition) is 1. The molecule has 2 nitrogen and oxygen atoms in total. The van der Waals surface area contributed by atoms with Crippen LogP contribution < -0.4 is 0 Å². The smallest absolute Gasteiger partial charge is 0.227 e. The first-order valence-electron chi connectivity index (χ1n) is 4.40. The standard InChI is InChI=1S/C10H13NO/c1-8-5-6-10(12)11-7-3-2-4-9(8)11/h2-3,5,9H,4,6-7H2,1H3. The molecule has 0 fully saturated rings. The van der Waals surface area contributed by atoms with E-state index in [1.165, 1.54) is 5.57 Å². The first-order valence-corrected chi connectivity index (χ1v) is 4.40. The predicted molar refractivity (Wildman–Crippen MR) is 47.6 cm³/mol. The molecule has 2 aliphatic heterocycles. The van der Waals surface area contributed by atoms with Crippen LogP contribution in [0.1, 0.15) is 19.8 Å². The van der Waals surface area contributed by atoms with Crippen LogP contribution in [0.4, 0.5) is 0 Å². The first-order chi connectivity index (χ1) is 5.79. The van der Waals surface area contributed by atoms with Crippen molar-refractivity contribution in [3.8, 4) is 0 Å². The zero-order valence-electron chi connectivity index (χ0n) is 7.29. The zero-order chi connectivity index (χ0) is 8.55. The van der Waals surface area contributed by atoms with Crippen LogP contribution in [0.5, 0.6) is 0 Å². The highest BCUT2D eigenvalue weighted by atomic mass is 16.2. The lowest BCUT2D eigenvalue weighted by Crippen LogP contribution is -2.44. The summed E-state index contributed by atoms with van der Waals surface area (Å²) in [7, 11) is 0. The Kier molecular flexibility index (Phi) is 1.75. The van der Waals surface area contributed by atoms with Crippen molar-refractivity contribution >= 4 is 5.91 Å². The fourth-order valence-electron chi connectivity index (χ4n) is 1.88. The van der Waals surface area contributed by atoms with E-state index in [0.29, 0.717) is 12.5 Å². The number of rotatable bonds is 0. The maximum Gasteiger partial charge on any atom is 0.227 e. The molecule has 0 saturated heterocycles. The van der Waals surface area contributed by atoms with Crippen molar-refractivity contribution in [3.63, 3.8) is 0 Å². The molecule has 0 spiro atoms. The molecule has 1 amide bonds. The van der Waals surface area contributed by atoms with Gasteiger partial charge in [0, 0.05) is 13.0 Å². The molecule has 12 heavy (non-hydrogen) atoms. The summed E-state index contributed by atoms with van der Waals surface area (Å²) in [6.07, 6.45) is 7.89. The van der Waals surface area contributed by atoms with Gasteiger partial charge in [0.1, 0.15) is 0 Å². The van der Waals surface area contributed by atoms with E-state index in [1.54, 1.807) is 0 Å². The molecule has 2 heteroatoms. The Morgan fingerprint density at radius 1 is 1.50 bits per heavy atom. The molecule has 0 aromatic heterocycles. The number of nitrogens with zero attached hydrogens (tertiary/aromatic N) is 1. The lowest BCUT2D eigenvalue weighted by Gasteiger charge is -2.36. The number of amides is 1. The van der Waals surface area contributed by atoms with Gasteiger partial charge >= 0.3 is 0 Å². The fourth-order valence-corrected chi connectivity index (χ4v) is 1.88. The van der Waals surface area contributed by atoms with Crippen molar-refractivity contribution in [1.29, 1.82) is 0 Å². The van der Waals surface area contributed by atoms with Crippen molar-refractivity contribution < 1.29 is 4.79 Å². The molecule has 0 saturated carbocycles. The Hall–Kier alpha value is -1.05. The molecule has 1 atom stereocenters. The van der Waals surface area contributed by atoms with Gasteiger partial charge in [0.15, 0.2) is 0 Å². The van der Waals surface area contributed by atoms with Crippen LogP contribution in [-0.2, 0) is 4.79 Å². The summed E-state index contributed by atoms with van der Waals surface area (Å²) in [4.78, 5) is 13.4. The van der Waals surface area contributed by atoms with Gasteiger partial charge in [-0.3, -0.25) is 4.79 Å². The average molecular weight is 163 g/mol. The molecular weight excluding hydrogens is 150 g/mol. The summed E-state index contributed by atoms with van der Waals surface area (Å²) in [5.74, 6) is 0.273. The van der Waals surface area contributed by atoms with Crippen molar-refractivity contribution in [1.82, 2.24) is 4.90 Å². The highest BCUT2D eigenvalue weighted by Gasteiger charge is 2.27. The van der Waals surface area contributed by atoms with Crippen molar-refractivity contribution in [2.75, 3.05) is 6.54 Å². The minimum atomic E-state index is 0.273. The monoisotopic (exact) mass is 163 g/mol. The molecule has 0 aliphatic carbocycles. The lowest BCUT2D eigenvalue weighted by molar-refractivity contribution is -0.132. The molecule has 1 unspecified atom stereocenters. The van der Waals surface area contributed by atoms with Gasteiger partial charge in [0.05, 0.1) is 6.04 Å². The SMILES string of the molecule is CC1=CCC(=O)N2CC=CCC12. The van der Waals surface area contributed by atoms with Crippen LogP contribution in [0.2, 0.25) is 0 Å². The van der Waals surface area contributed by atoms with Gasteiger partial charge in [-0.05, 0) is 13.3 Å². The number of carbonyl (C=O) groups excluding carboxylic acids is 1. The second-order valence-electron chi connectivity index (χ2n) is 3.42. The molecular formula is C10H13NO. The summed E-state index contributed by atoms with van der Waals surface area (Å²) < 4.78 is 0. The van der Waals surface area contributed by atoms with Gasteiger partial charge < -0.3 is 4.90 Å². The minimum Gasteiger partial charge on any atom is -0.332 e. The van der Waals surface area contributed by atoms with Crippen LogP contribution in [0.25, 0.3) is 0 Å². The van der Waals surface area contributed by atoms with Crippen LogP contribution in [0.15, 0.2) is 23.8 Å². The Bertz CT molecular complexity index is 265. The van der Waals surface area contributed by atoms with Crippen LogP contribution in [-0.4, -0.2) is 23.4 Å². The topological polar surface area (TPSA) is 20.3 Å². The zero-order valence-corrected chi connectivity index (χ0v) is 7.29. The second-order valence-corrected chi connectivity index (χ2v) is 3.42. The highest BCUT2D eigenvalue weighted by Crippen LogP contribution is 2.23. The predicted octanol–water partition coefficient (Wildman–Crippen LogP) is 1.49. The molecule has 2 aliphatic rings. The molecule has 2 heterocycles. The van der Waals surface area contributed by atoms with Gasteiger partial charge in [-0.25, -0.2) is 0 Å². The van der Waals surface area contributed by atoms with E-state index in [9.17, 15) is 4.79 Å². The Morgan fingerprint density at radius 3 is 3.08 bits per heavy atom. The number of fused-ring (bicyclic) bond motifs is 1. The summed E-state index contributed by atoms with van der Waals surface area (Å²) in [6, 6.07) is 0.358. The van der Waals surface area contributed by atoms with E-state index >= 15 is 0 Å². The van der Waals surface area contributed by atoms with E-state index in [0.717, 1.165) is 13.0 Å². The van der Waals surface area contributed by atoms with Crippen LogP contribution >= 0.6 is 0 Å². The summed E-state index contributed by atoms with van der Waals surface area (Å²) in [5, 5.41) is 0. The third kappa shape index (κ3) is 1.07. The van der Waals surface area contributed by atoms with E-state index < -0.39 is 0 Å². The van der Waals surface area contributed by atoms with Crippen molar-refractivity contribution in [2.24, 2.45) is 0 Å². The van der Waals surface area contributed by atoms with Crippen molar-refractivity contribution in [3.05, 3.63) is 23.8 Å². The third-order valence-electron chi connectivity index (χ3n) is 2.65. The Morgan fingerprint density at radius 2 is 2.33 bits per heavy atom. The summed E-state index contributed by atoms with van der Waals surface area (Å²) >= 11 is 0. The Balaban J connectivity index is 2.29. The molecule has 0 bridgehead atoms. The number of hydrogen-bond donors (Lipinski definition) is 0. The van der Waals surface area contributed by atoms with Gasteiger partial charge in [0.25, 0.3) is 0 Å². The summed E-state index contributed by atoms with van der Waals surface area (Å²) in [5.41, 5.74) is 1.35. The number of carbonyl (C=O) groups is 1. The van der Waals surface area contributed by atoms with E-state index in [2.05, 4.69) is 25.2 Å². The van der Waals surface area contributed by atoms with Gasteiger partial charge in [-0.1, -0.05) is 23.8 Å². The van der Waals surface area contributed by atoms with E-state index in [4.69, 9.17) is 0 Å². The largest absolute Gasteiger partial charge is 0.332 e. The molecule has 0 radical (unpaired) electrons. The molecule has 0 N–H and O–H groups in total. The first kappa shape index (κ1) is 7.59. The van der Waals surface area contributed by atoms with Gasteiger partial charge in [-0.2, -0.15) is 0 Å². The summed E-state index contributed by atoms with van der Waals surface area (Å²) in [6.45, 7) is 2.91. The van der Waals surface area contributed by atoms with Crippen LogP contribution in [0, 0.1) is 0 Å². The van der Waals surface area contributed by atoms with Crippen LogP contribution in [0.3, 0.4) is 0 Å². The van der Waals surface area contributed by atoms with E-state index in [-0.39, 0.29) is 5.91 Å². The van der Waals surface area contributed by atoms with E-state index in [1.807, 2.05) is 4.90 Å². The minimum absolute atomic E-state index is 0.273. The normalized spacial score (nSPS) is 28.4. The quantitative estimate of drug-likeness (QED) is 0.495. The molecule has 0 aromatic carbocycles. The highest BCUT2D eigenvalue weighted by molar-refractivity contribution is 5.80. The lowest BCUT2D eigenvalue weighted by atomic mass is 9.95. The van der Waals surface area contributed by atoms with Gasteiger partial charge in [0.2, 0.25) is 5.91 Å². The molecule has 2 rings (SSSR count). The Labute approximate surface area is 72.6 Å². The van der Waals surface area contributed by atoms with Gasteiger partial charge in [-0.15, -0.1) is 0 Å². The maximum atomic E-state index is 11.4. The second kappa shape index (κ2) is 2.77. The molecule has 64 valence electrons. The fraction of sp³-hybridized carbons (Fsp3) is 0.500. The maximum absolute atomic E-state index is 11.4. The average Bonchev–Trinajstić information content (AvgIpc) is 2.12. The third-order valence-corrected chi connectivity index (χ3v) is 2.65. The van der Waals surface area contributed by atoms with Crippen molar-refractivity contribution in [2.45, 2.75) is 25.8 Å².